The lowest BCUT2D eigenvalue weighted by Crippen LogP contribution is -2.52. The lowest BCUT2D eigenvalue weighted by molar-refractivity contribution is -0.385. The van der Waals surface area contributed by atoms with Crippen LogP contribution in [-0.4, -0.2) is 55.8 Å². The predicted molar refractivity (Wildman–Crippen MR) is 175 cm³/mol. The molecular formula is C30H33Cl3N4O7S. The average Bonchev–Trinajstić information content (AvgIpc) is 2.98. The highest BCUT2D eigenvalue weighted by Crippen LogP contribution is 2.36. The summed E-state index contributed by atoms with van der Waals surface area (Å²) in [6, 6.07) is 11.0. The molecule has 0 saturated carbocycles. The van der Waals surface area contributed by atoms with Gasteiger partial charge in [-0.15, -0.1) is 0 Å². The molecule has 1 N–H and O–H groups in total. The van der Waals surface area contributed by atoms with E-state index in [0.29, 0.717) is 17.0 Å². The number of anilines is 1. The van der Waals surface area contributed by atoms with Crippen molar-refractivity contribution in [3.05, 3.63) is 90.9 Å². The Kier molecular flexibility index (Phi) is 12.1. The SMILES string of the molecule is CC[C@H](C)NC(=O)[C@H](C)N(Cc1ccc(Cl)cc1Cl)C(=O)CN(c1cc(Cl)ccc1OC)S(=O)(=O)c1ccc(C)c([N+](=O)[O-])c1. The first kappa shape index (κ1) is 35.9. The van der Waals surface area contributed by atoms with E-state index in [1.165, 1.54) is 62.3 Å². The lowest BCUT2D eigenvalue weighted by Gasteiger charge is -2.33. The average molecular weight is 700 g/mol. The third kappa shape index (κ3) is 8.57. The van der Waals surface area contributed by atoms with Crippen molar-refractivity contribution in [2.75, 3.05) is 18.0 Å². The van der Waals surface area contributed by atoms with Crippen molar-refractivity contribution in [1.82, 2.24) is 10.2 Å². The minimum Gasteiger partial charge on any atom is -0.495 e. The maximum Gasteiger partial charge on any atom is 0.273 e. The highest BCUT2D eigenvalue weighted by Gasteiger charge is 2.35. The standard InChI is InChI=1S/C30H33Cl3N4O7S/c1-6-19(3)34-30(39)20(4)35(16-21-8-9-22(31)13-25(21)33)29(38)17-36(27-14-23(32)10-12-28(27)44-5)45(42,43)24-11-7-18(2)26(15-24)37(40)41/h7-15,19-20H,6,16-17H2,1-5H3,(H,34,39)/t19-,20-/m0/s1. The van der Waals surface area contributed by atoms with E-state index in [2.05, 4.69) is 5.32 Å². The van der Waals surface area contributed by atoms with Gasteiger partial charge in [0.2, 0.25) is 11.8 Å². The van der Waals surface area contributed by atoms with Crippen molar-refractivity contribution in [1.29, 1.82) is 0 Å². The first-order valence-electron chi connectivity index (χ1n) is 13.8. The Balaban J connectivity index is 2.18. The van der Waals surface area contributed by atoms with Crippen molar-refractivity contribution in [2.45, 2.75) is 57.6 Å². The van der Waals surface area contributed by atoms with Crippen LogP contribution >= 0.6 is 34.8 Å². The minimum atomic E-state index is -4.66. The number of sulfonamides is 1. The number of amides is 2. The van der Waals surface area contributed by atoms with Crippen molar-refractivity contribution in [3.63, 3.8) is 0 Å². The van der Waals surface area contributed by atoms with Gasteiger partial charge in [-0.1, -0.05) is 53.9 Å². The number of carbonyl (C=O) groups excluding carboxylic acids is 2. The molecule has 2 amide bonds. The Bertz CT molecular complexity index is 1700. The van der Waals surface area contributed by atoms with Crippen LogP contribution in [0.3, 0.4) is 0 Å². The first-order chi connectivity index (χ1) is 21.1. The molecule has 3 rings (SSSR count). The number of nitrogens with zero attached hydrogens (tertiary/aromatic N) is 3. The fraction of sp³-hybridized carbons (Fsp3) is 0.333. The number of methoxy groups -OCH3 is 1. The normalized spacial score (nSPS) is 12.6. The first-order valence-corrected chi connectivity index (χ1v) is 16.3. The Morgan fingerprint density at radius 1 is 1.02 bits per heavy atom. The van der Waals surface area contributed by atoms with E-state index in [1.54, 1.807) is 12.1 Å². The molecule has 242 valence electrons. The van der Waals surface area contributed by atoms with Gasteiger partial charge in [-0.3, -0.25) is 24.0 Å². The molecule has 0 fully saturated rings. The van der Waals surface area contributed by atoms with E-state index in [0.717, 1.165) is 10.4 Å². The van der Waals surface area contributed by atoms with Gasteiger partial charge in [0.1, 0.15) is 18.3 Å². The lowest BCUT2D eigenvalue weighted by atomic mass is 10.1. The van der Waals surface area contributed by atoms with E-state index in [-0.39, 0.29) is 39.6 Å². The smallest absolute Gasteiger partial charge is 0.273 e. The molecular weight excluding hydrogens is 667 g/mol. The van der Waals surface area contributed by atoms with Crippen LogP contribution < -0.4 is 14.4 Å². The number of aryl methyl sites for hydroxylation is 1. The molecule has 3 aromatic rings. The molecule has 2 atom stereocenters. The molecule has 0 spiro atoms. The molecule has 0 bridgehead atoms. The number of rotatable bonds is 13. The number of nitro benzene ring substituents is 1. The summed E-state index contributed by atoms with van der Waals surface area (Å²) < 4.78 is 34.6. The van der Waals surface area contributed by atoms with E-state index in [9.17, 15) is 28.1 Å². The van der Waals surface area contributed by atoms with Gasteiger partial charge >= 0.3 is 0 Å². The molecule has 0 heterocycles. The second kappa shape index (κ2) is 15.1. The Morgan fingerprint density at radius 2 is 1.67 bits per heavy atom. The largest absolute Gasteiger partial charge is 0.495 e. The molecule has 3 aromatic carbocycles. The number of hydrogen-bond donors (Lipinski definition) is 1. The Hall–Kier alpha value is -3.58. The summed E-state index contributed by atoms with van der Waals surface area (Å²) in [4.78, 5) is 39.2. The summed E-state index contributed by atoms with van der Waals surface area (Å²) >= 11 is 18.7. The van der Waals surface area contributed by atoms with Crippen molar-refractivity contribution in [2.24, 2.45) is 0 Å². The van der Waals surface area contributed by atoms with Crippen LogP contribution in [0.4, 0.5) is 11.4 Å². The van der Waals surface area contributed by atoms with Gasteiger partial charge < -0.3 is 15.0 Å². The molecule has 15 heteroatoms. The monoisotopic (exact) mass is 698 g/mol. The second-order valence-corrected chi connectivity index (χ2v) is 13.4. The van der Waals surface area contributed by atoms with Gasteiger partial charge in [0.15, 0.2) is 0 Å². The highest BCUT2D eigenvalue weighted by atomic mass is 35.5. The van der Waals surface area contributed by atoms with Crippen LogP contribution in [0.1, 0.15) is 38.3 Å². The van der Waals surface area contributed by atoms with Gasteiger partial charge in [-0.05, 0) is 69.2 Å². The predicted octanol–water partition coefficient (Wildman–Crippen LogP) is 6.40. The third-order valence-electron chi connectivity index (χ3n) is 7.18. The molecule has 0 aliphatic carbocycles. The molecule has 0 aromatic heterocycles. The van der Waals surface area contributed by atoms with E-state index in [1.807, 2.05) is 13.8 Å². The molecule has 45 heavy (non-hydrogen) atoms. The number of hydrogen-bond acceptors (Lipinski definition) is 7. The zero-order chi connectivity index (χ0) is 33.6. The molecule has 0 unspecified atom stereocenters. The number of carbonyl (C=O) groups is 2. The molecule has 0 radical (unpaired) electrons. The maximum absolute atomic E-state index is 14.2. The van der Waals surface area contributed by atoms with Crippen molar-refractivity contribution < 1.29 is 27.7 Å². The van der Waals surface area contributed by atoms with Gasteiger partial charge in [0.05, 0.1) is 22.6 Å². The van der Waals surface area contributed by atoms with E-state index < -0.39 is 49.9 Å². The van der Waals surface area contributed by atoms with Crippen LogP contribution in [0.2, 0.25) is 15.1 Å². The molecule has 0 saturated heterocycles. The number of benzene rings is 3. The number of nitrogens with one attached hydrogen (secondary N) is 1. The van der Waals surface area contributed by atoms with Crippen LogP contribution in [0.25, 0.3) is 0 Å². The highest BCUT2D eigenvalue weighted by molar-refractivity contribution is 7.92. The second-order valence-electron chi connectivity index (χ2n) is 10.3. The molecule has 0 aliphatic heterocycles. The van der Waals surface area contributed by atoms with Gasteiger partial charge in [-0.25, -0.2) is 8.42 Å². The topological polar surface area (TPSA) is 139 Å². The van der Waals surface area contributed by atoms with Crippen LogP contribution in [-0.2, 0) is 26.2 Å². The summed E-state index contributed by atoms with van der Waals surface area (Å²) in [5.41, 5.74) is 0.188. The summed E-state index contributed by atoms with van der Waals surface area (Å²) in [7, 11) is -3.35. The zero-order valence-electron chi connectivity index (χ0n) is 25.2. The zero-order valence-corrected chi connectivity index (χ0v) is 28.3. The van der Waals surface area contributed by atoms with Crippen molar-refractivity contribution >= 4 is 68.0 Å². The summed E-state index contributed by atoms with van der Waals surface area (Å²) in [5, 5.41) is 15.2. The van der Waals surface area contributed by atoms with Gasteiger partial charge in [-0.2, -0.15) is 0 Å². The molecule has 11 nitrogen and oxygen atoms in total. The van der Waals surface area contributed by atoms with Crippen LogP contribution in [0.5, 0.6) is 5.75 Å². The Labute approximate surface area is 277 Å². The maximum atomic E-state index is 14.2. The quantitative estimate of drug-likeness (QED) is 0.161. The van der Waals surface area contributed by atoms with Crippen molar-refractivity contribution in [3.8, 4) is 5.75 Å². The van der Waals surface area contributed by atoms with Crippen LogP contribution in [0.15, 0.2) is 59.5 Å². The summed E-state index contributed by atoms with van der Waals surface area (Å²) in [6.07, 6.45) is 0.638. The number of halogens is 3. The summed E-state index contributed by atoms with van der Waals surface area (Å²) in [5.74, 6) is -1.18. The fourth-order valence-electron chi connectivity index (χ4n) is 4.33. The molecule has 0 aliphatic rings. The van der Waals surface area contributed by atoms with E-state index in [4.69, 9.17) is 39.5 Å². The fourth-order valence-corrected chi connectivity index (χ4v) is 6.40. The minimum absolute atomic E-state index is 0.0623. The number of nitro groups is 1. The van der Waals surface area contributed by atoms with Gasteiger partial charge in [0, 0.05) is 39.3 Å². The Morgan fingerprint density at radius 3 is 2.27 bits per heavy atom. The summed E-state index contributed by atoms with van der Waals surface area (Å²) in [6.45, 7) is 5.70. The third-order valence-corrected chi connectivity index (χ3v) is 9.76. The van der Waals surface area contributed by atoms with Gasteiger partial charge in [0.25, 0.3) is 15.7 Å². The van der Waals surface area contributed by atoms with E-state index >= 15 is 0 Å². The number of ether oxygens (including phenoxy) is 1. The van der Waals surface area contributed by atoms with Crippen LogP contribution in [0, 0.1) is 17.0 Å².